The largest absolute Gasteiger partial charge is 0.493 e. The highest BCUT2D eigenvalue weighted by molar-refractivity contribution is 5.82. The number of Topliss-reactive ketones (excluding diaryl/α,β-unsaturated/α-hetero) is 1. The fourth-order valence-electron chi connectivity index (χ4n) is 2.61. The second-order valence-electron chi connectivity index (χ2n) is 5.31. The van der Waals surface area contributed by atoms with Crippen LogP contribution in [-0.2, 0) is 24.7 Å². The Labute approximate surface area is 118 Å². The molecule has 0 fully saturated rings. The molecule has 104 valence electrons. The van der Waals surface area contributed by atoms with Gasteiger partial charge in [0.15, 0.2) is 0 Å². The van der Waals surface area contributed by atoms with E-state index in [9.17, 15) is 4.79 Å². The van der Waals surface area contributed by atoms with Gasteiger partial charge in [-0.05, 0) is 30.0 Å². The van der Waals surface area contributed by atoms with Gasteiger partial charge in [0.05, 0.1) is 18.7 Å². The van der Waals surface area contributed by atoms with Gasteiger partial charge in [-0.15, -0.1) is 0 Å². The molecule has 0 amide bonds. The van der Waals surface area contributed by atoms with Gasteiger partial charge in [-0.1, -0.05) is 18.2 Å². The van der Waals surface area contributed by atoms with Crippen molar-refractivity contribution in [3.8, 4) is 5.75 Å². The second-order valence-corrected chi connectivity index (χ2v) is 5.31. The molecule has 2 aromatic rings. The highest BCUT2D eigenvalue weighted by atomic mass is 16.5. The molecule has 1 aromatic heterocycles. The summed E-state index contributed by atoms with van der Waals surface area (Å²) in [4.78, 5) is 12.3. The number of aryl methyl sites for hydroxylation is 2. The molecule has 0 saturated carbocycles. The number of fused-ring (bicyclic) bond motifs is 1. The van der Waals surface area contributed by atoms with Gasteiger partial charge in [-0.3, -0.25) is 9.48 Å². The SMILES string of the molecule is Cn1cc(CCC(=O)C2COc3ccccc3C2)cn1. The average Bonchev–Trinajstić information content (AvgIpc) is 2.90. The van der Waals surface area contributed by atoms with E-state index >= 15 is 0 Å². The third-order valence-corrected chi connectivity index (χ3v) is 3.75. The number of carbonyl (C=O) groups is 1. The second kappa shape index (κ2) is 5.49. The average molecular weight is 270 g/mol. The maximum atomic E-state index is 12.3. The first-order chi connectivity index (χ1) is 9.72. The molecule has 1 aromatic carbocycles. The van der Waals surface area contributed by atoms with Gasteiger partial charge in [0, 0.05) is 19.7 Å². The van der Waals surface area contributed by atoms with Crippen molar-refractivity contribution in [2.75, 3.05) is 6.61 Å². The summed E-state index contributed by atoms with van der Waals surface area (Å²) < 4.78 is 7.44. The molecule has 0 aliphatic carbocycles. The van der Waals surface area contributed by atoms with Crippen LogP contribution in [0.1, 0.15) is 17.5 Å². The zero-order valence-corrected chi connectivity index (χ0v) is 11.6. The number of hydrogen-bond acceptors (Lipinski definition) is 3. The summed E-state index contributed by atoms with van der Waals surface area (Å²) in [5.74, 6) is 1.19. The lowest BCUT2D eigenvalue weighted by molar-refractivity contribution is -0.124. The van der Waals surface area contributed by atoms with Crippen LogP contribution in [-0.4, -0.2) is 22.2 Å². The van der Waals surface area contributed by atoms with Gasteiger partial charge in [-0.2, -0.15) is 5.10 Å². The van der Waals surface area contributed by atoms with E-state index in [4.69, 9.17) is 4.74 Å². The predicted octanol–water partition coefficient (Wildman–Crippen LogP) is 2.17. The van der Waals surface area contributed by atoms with Crippen LogP contribution in [0, 0.1) is 5.92 Å². The summed E-state index contributed by atoms with van der Waals surface area (Å²) >= 11 is 0. The molecule has 0 saturated heterocycles. The van der Waals surface area contributed by atoms with E-state index in [0.717, 1.165) is 29.7 Å². The maximum Gasteiger partial charge on any atom is 0.140 e. The van der Waals surface area contributed by atoms with Crippen LogP contribution in [0.25, 0.3) is 0 Å². The molecule has 20 heavy (non-hydrogen) atoms. The van der Waals surface area contributed by atoms with Gasteiger partial charge < -0.3 is 4.74 Å². The van der Waals surface area contributed by atoms with E-state index in [1.165, 1.54) is 0 Å². The summed E-state index contributed by atoms with van der Waals surface area (Å²) in [7, 11) is 1.89. The van der Waals surface area contributed by atoms with Gasteiger partial charge >= 0.3 is 0 Å². The number of benzene rings is 1. The first-order valence-corrected chi connectivity index (χ1v) is 6.93. The monoisotopic (exact) mass is 270 g/mol. The molecule has 0 radical (unpaired) electrons. The lowest BCUT2D eigenvalue weighted by Crippen LogP contribution is -2.28. The minimum Gasteiger partial charge on any atom is -0.493 e. The summed E-state index contributed by atoms with van der Waals surface area (Å²) in [6, 6.07) is 7.95. The number of nitrogens with zero attached hydrogens (tertiary/aromatic N) is 2. The summed E-state index contributed by atoms with van der Waals surface area (Å²) in [5.41, 5.74) is 2.25. The van der Waals surface area contributed by atoms with Crippen LogP contribution in [0.15, 0.2) is 36.7 Å². The Hall–Kier alpha value is -2.10. The number of rotatable bonds is 4. The molecule has 1 atom stereocenters. The van der Waals surface area contributed by atoms with Crippen molar-refractivity contribution < 1.29 is 9.53 Å². The number of hydrogen-bond donors (Lipinski definition) is 0. The summed E-state index contributed by atoms with van der Waals surface area (Å²) in [5, 5.41) is 4.12. The van der Waals surface area contributed by atoms with Crippen LogP contribution >= 0.6 is 0 Å². The number of aromatic nitrogens is 2. The lowest BCUT2D eigenvalue weighted by atomic mass is 9.91. The fraction of sp³-hybridized carbons (Fsp3) is 0.375. The standard InChI is InChI=1S/C16H18N2O2/c1-18-10-12(9-17-18)6-7-15(19)14-8-13-4-2-3-5-16(13)20-11-14/h2-5,9-10,14H,6-8,11H2,1H3. The number of ether oxygens (including phenoxy) is 1. The predicted molar refractivity (Wildman–Crippen MR) is 75.7 cm³/mol. The van der Waals surface area contributed by atoms with Gasteiger partial charge in [0.25, 0.3) is 0 Å². The zero-order chi connectivity index (χ0) is 13.9. The van der Waals surface area contributed by atoms with Crippen molar-refractivity contribution in [1.82, 2.24) is 9.78 Å². The Morgan fingerprint density at radius 1 is 1.45 bits per heavy atom. The van der Waals surface area contributed by atoms with Crippen molar-refractivity contribution in [2.45, 2.75) is 19.3 Å². The van der Waals surface area contributed by atoms with Crippen LogP contribution in [0.3, 0.4) is 0 Å². The lowest BCUT2D eigenvalue weighted by Gasteiger charge is -2.24. The molecule has 0 spiro atoms. The van der Waals surface area contributed by atoms with Crippen LogP contribution in [0.2, 0.25) is 0 Å². The molecule has 0 bridgehead atoms. The fourth-order valence-corrected chi connectivity index (χ4v) is 2.61. The molecule has 4 heteroatoms. The van der Waals surface area contributed by atoms with Crippen LogP contribution in [0.4, 0.5) is 0 Å². The quantitative estimate of drug-likeness (QED) is 0.855. The normalized spacial score (nSPS) is 17.4. The van der Waals surface area contributed by atoms with Crippen molar-refractivity contribution in [3.05, 3.63) is 47.8 Å². The van der Waals surface area contributed by atoms with Crippen molar-refractivity contribution >= 4 is 5.78 Å². The van der Waals surface area contributed by atoms with Gasteiger partial charge in [-0.25, -0.2) is 0 Å². The molecule has 3 rings (SSSR count). The molecule has 2 heterocycles. The molecule has 1 aliphatic heterocycles. The minimum absolute atomic E-state index is 0.0124. The van der Waals surface area contributed by atoms with Crippen molar-refractivity contribution in [2.24, 2.45) is 13.0 Å². The smallest absolute Gasteiger partial charge is 0.140 e. The van der Waals surface area contributed by atoms with Crippen LogP contribution < -0.4 is 4.74 Å². The molecule has 1 aliphatic rings. The molecule has 1 unspecified atom stereocenters. The Morgan fingerprint density at radius 3 is 3.10 bits per heavy atom. The Balaban J connectivity index is 1.59. The molecular weight excluding hydrogens is 252 g/mol. The van der Waals surface area contributed by atoms with E-state index in [1.807, 2.05) is 43.7 Å². The Bertz CT molecular complexity index is 618. The topological polar surface area (TPSA) is 44.1 Å². The highest BCUT2D eigenvalue weighted by Crippen LogP contribution is 2.27. The van der Waals surface area contributed by atoms with Crippen LogP contribution in [0.5, 0.6) is 5.75 Å². The van der Waals surface area contributed by atoms with E-state index < -0.39 is 0 Å². The molecular formula is C16H18N2O2. The van der Waals surface area contributed by atoms with Crippen molar-refractivity contribution in [1.29, 1.82) is 0 Å². The maximum absolute atomic E-state index is 12.3. The zero-order valence-electron chi connectivity index (χ0n) is 11.6. The number of para-hydroxylation sites is 1. The third kappa shape index (κ3) is 2.74. The van der Waals surface area contributed by atoms with E-state index in [0.29, 0.717) is 13.0 Å². The van der Waals surface area contributed by atoms with E-state index in [-0.39, 0.29) is 11.7 Å². The first-order valence-electron chi connectivity index (χ1n) is 6.93. The summed E-state index contributed by atoms with van der Waals surface area (Å²) in [6.45, 7) is 0.503. The number of carbonyl (C=O) groups excluding carboxylic acids is 1. The summed E-state index contributed by atoms with van der Waals surface area (Å²) in [6.07, 6.45) is 5.88. The Kier molecular flexibility index (Phi) is 3.54. The van der Waals surface area contributed by atoms with E-state index in [2.05, 4.69) is 5.10 Å². The highest BCUT2D eigenvalue weighted by Gasteiger charge is 2.25. The Morgan fingerprint density at radius 2 is 2.30 bits per heavy atom. The molecule has 4 nitrogen and oxygen atoms in total. The van der Waals surface area contributed by atoms with Crippen molar-refractivity contribution in [3.63, 3.8) is 0 Å². The number of ketones is 1. The third-order valence-electron chi connectivity index (χ3n) is 3.75. The van der Waals surface area contributed by atoms with Gasteiger partial charge in [0.1, 0.15) is 11.5 Å². The first kappa shape index (κ1) is 12.9. The minimum atomic E-state index is -0.0124. The molecule has 0 N–H and O–H groups in total. The van der Waals surface area contributed by atoms with Gasteiger partial charge in [0.2, 0.25) is 0 Å². The van der Waals surface area contributed by atoms with E-state index in [1.54, 1.807) is 4.68 Å².